The number of carbonyl (C=O) groups is 1. The van der Waals surface area contributed by atoms with Gasteiger partial charge in [-0.1, -0.05) is 38.0 Å². The molecule has 1 aromatic carbocycles. The van der Waals surface area contributed by atoms with E-state index in [9.17, 15) is 9.90 Å². The van der Waals surface area contributed by atoms with E-state index in [0.29, 0.717) is 13.0 Å². The summed E-state index contributed by atoms with van der Waals surface area (Å²) in [7, 11) is 0. The van der Waals surface area contributed by atoms with Crippen LogP contribution in [0.2, 0.25) is 0 Å². The van der Waals surface area contributed by atoms with Crippen molar-refractivity contribution in [3.05, 3.63) is 30.3 Å². The summed E-state index contributed by atoms with van der Waals surface area (Å²) >= 11 is 1.78. The first-order chi connectivity index (χ1) is 11.2. The Morgan fingerprint density at radius 3 is 2.74 bits per heavy atom. The quantitative estimate of drug-likeness (QED) is 0.684. The molecule has 1 saturated carbocycles. The first kappa shape index (κ1) is 18.3. The minimum atomic E-state index is -0.748. The molecule has 1 aromatic rings. The topological polar surface area (TPSA) is 58.6 Å². The summed E-state index contributed by atoms with van der Waals surface area (Å²) in [6.45, 7) is 4.79. The lowest BCUT2D eigenvalue weighted by Crippen LogP contribution is -2.60. The predicted octanol–water partition coefficient (Wildman–Crippen LogP) is 3.56. The lowest BCUT2D eigenvalue weighted by atomic mass is 9.87. The first-order valence-corrected chi connectivity index (χ1v) is 9.35. The summed E-state index contributed by atoms with van der Waals surface area (Å²) in [6, 6.07) is 9.98. The van der Waals surface area contributed by atoms with Crippen LogP contribution in [0.1, 0.15) is 39.5 Å². The Hall–Kier alpha value is -1.04. The Morgan fingerprint density at radius 2 is 2.13 bits per heavy atom. The Bertz CT molecular complexity index is 482. The number of unbranched alkanes of at least 4 members (excludes halogenated alkanes) is 1. The second-order valence-corrected chi connectivity index (χ2v) is 7.18. The highest BCUT2D eigenvalue weighted by Gasteiger charge is 2.43. The largest absolute Gasteiger partial charge is 0.480 e. The van der Waals surface area contributed by atoms with Crippen LogP contribution in [0.25, 0.3) is 0 Å². The van der Waals surface area contributed by atoms with Gasteiger partial charge in [-0.05, 0) is 31.9 Å². The van der Waals surface area contributed by atoms with Crippen LogP contribution in [0.3, 0.4) is 0 Å². The number of ether oxygens (including phenoxy) is 1. The number of carboxylic acids is 1. The number of carboxylic acid groups (broad SMARTS) is 1. The molecule has 1 aliphatic rings. The van der Waals surface area contributed by atoms with Crippen LogP contribution in [0.5, 0.6) is 0 Å². The third kappa shape index (κ3) is 5.23. The lowest BCUT2D eigenvalue weighted by Gasteiger charge is -2.45. The van der Waals surface area contributed by atoms with Crippen molar-refractivity contribution in [3.63, 3.8) is 0 Å². The van der Waals surface area contributed by atoms with Gasteiger partial charge in [0.25, 0.3) is 0 Å². The van der Waals surface area contributed by atoms with Crippen molar-refractivity contribution >= 4 is 17.7 Å². The normalized spacial score (nSPS) is 24.9. The maximum atomic E-state index is 11.5. The Labute approximate surface area is 143 Å². The lowest BCUT2D eigenvalue weighted by molar-refractivity contribution is -0.140. The molecule has 4 atom stereocenters. The Balaban J connectivity index is 1.97. The molecule has 5 heteroatoms. The number of thioether (sulfide) groups is 1. The molecule has 0 aromatic heterocycles. The van der Waals surface area contributed by atoms with Gasteiger partial charge in [0, 0.05) is 17.5 Å². The highest BCUT2D eigenvalue weighted by Crippen LogP contribution is 2.39. The van der Waals surface area contributed by atoms with Gasteiger partial charge in [0.2, 0.25) is 0 Å². The SMILES string of the molecule is CCCCC(NC1C[C@@H](OCC)[C@@H]1Sc1ccccc1)C(=O)O. The number of nitrogens with one attached hydrogen (secondary N) is 1. The van der Waals surface area contributed by atoms with Gasteiger partial charge in [-0.2, -0.15) is 0 Å². The molecule has 2 rings (SSSR count). The van der Waals surface area contributed by atoms with Gasteiger partial charge in [0.15, 0.2) is 0 Å². The third-order valence-corrected chi connectivity index (χ3v) is 5.65. The number of aliphatic carboxylic acids is 1. The molecular weight excluding hydrogens is 310 g/mol. The van der Waals surface area contributed by atoms with Gasteiger partial charge in [-0.3, -0.25) is 4.79 Å². The van der Waals surface area contributed by atoms with Crippen molar-refractivity contribution in [3.8, 4) is 0 Å². The molecule has 128 valence electrons. The van der Waals surface area contributed by atoms with Gasteiger partial charge in [-0.15, -0.1) is 11.8 Å². The molecule has 0 amide bonds. The fraction of sp³-hybridized carbons (Fsp3) is 0.611. The van der Waals surface area contributed by atoms with Crippen molar-refractivity contribution < 1.29 is 14.6 Å². The summed E-state index contributed by atoms with van der Waals surface area (Å²) in [5, 5.41) is 13.0. The van der Waals surface area contributed by atoms with E-state index in [-0.39, 0.29) is 17.4 Å². The second kappa shape index (κ2) is 9.30. The molecular formula is C18H27NO3S. The van der Waals surface area contributed by atoms with Crippen LogP contribution in [0.15, 0.2) is 35.2 Å². The van der Waals surface area contributed by atoms with Crippen molar-refractivity contribution in [2.75, 3.05) is 6.61 Å². The maximum absolute atomic E-state index is 11.5. The molecule has 0 spiro atoms. The highest BCUT2D eigenvalue weighted by atomic mass is 32.2. The molecule has 2 N–H and O–H groups in total. The minimum absolute atomic E-state index is 0.190. The van der Waals surface area contributed by atoms with Gasteiger partial charge in [0.05, 0.1) is 11.4 Å². The molecule has 2 unspecified atom stereocenters. The van der Waals surface area contributed by atoms with Gasteiger partial charge in [-0.25, -0.2) is 0 Å². The number of rotatable bonds is 10. The molecule has 0 radical (unpaired) electrons. The second-order valence-electron chi connectivity index (χ2n) is 5.93. The fourth-order valence-electron chi connectivity index (χ4n) is 2.88. The first-order valence-electron chi connectivity index (χ1n) is 8.47. The molecule has 1 aliphatic carbocycles. The van der Waals surface area contributed by atoms with Crippen molar-refractivity contribution in [1.29, 1.82) is 0 Å². The third-order valence-electron chi connectivity index (χ3n) is 4.21. The Morgan fingerprint density at radius 1 is 1.39 bits per heavy atom. The van der Waals surface area contributed by atoms with Gasteiger partial charge in [0.1, 0.15) is 6.04 Å². The van der Waals surface area contributed by atoms with E-state index in [0.717, 1.165) is 19.3 Å². The van der Waals surface area contributed by atoms with Crippen LogP contribution in [0, 0.1) is 0 Å². The summed E-state index contributed by atoms with van der Waals surface area (Å²) in [6.07, 6.45) is 3.71. The molecule has 4 nitrogen and oxygen atoms in total. The molecule has 0 bridgehead atoms. The number of hydrogen-bond donors (Lipinski definition) is 2. The minimum Gasteiger partial charge on any atom is -0.480 e. The van der Waals surface area contributed by atoms with Gasteiger partial charge >= 0.3 is 5.97 Å². The van der Waals surface area contributed by atoms with Gasteiger partial charge < -0.3 is 15.2 Å². The van der Waals surface area contributed by atoms with E-state index in [1.807, 2.05) is 25.1 Å². The summed E-state index contributed by atoms with van der Waals surface area (Å²) in [4.78, 5) is 12.7. The van der Waals surface area contributed by atoms with Crippen LogP contribution in [-0.2, 0) is 9.53 Å². The van der Waals surface area contributed by atoms with Crippen LogP contribution in [0.4, 0.5) is 0 Å². The molecule has 0 aliphatic heterocycles. The van der Waals surface area contributed by atoms with Crippen LogP contribution >= 0.6 is 11.8 Å². The summed E-state index contributed by atoms with van der Waals surface area (Å²) in [5.41, 5.74) is 0. The Kier molecular flexibility index (Phi) is 7.40. The van der Waals surface area contributed by atoms with E-state index in [4.69, 9.17) is 4.74 Å². The van der Waals surface area contributed by atoms with E-state index < -0.39 is 12.0 Å². The highest BCUT2D eigenvalue weighted by molar-refractivity contribution is 8.00. The van der Waals surface area contributed by atoms with E-state index >= 15 is 0 Å². The fourth-order valence-corrected chi connectivity index (χ4v) is 4.20. The van der Waals surface area contributed by atoms with E-state index in [2.05, 4.69) is 24.4 Å². The molecule has 1 fully saturated rings. The number of hydrogen-bond acceptors (Lipinski definition) is 4. The van der Waals surface area contributed by atoms with E-state index in [1.54, 1.807) is 11.8 Å². The van der Waals surface area contributed by atoms with Crippen LogP contribution in [-0.4, -0.2) is 41.1 Å². The predicted molar refractivity (Wildman–Crippen MR) is 94.0 cm³/mol. The smallest absolute Gasteiger partial charge is 0.320 e. The van der Waals surface area contributed by atoms with Crippen molar-refractivity contribution in [2.45, 2.75) is 67.9 Å². The van der Waals surface area contributed by atoms with E-state index in [1.165, 1.54) is 4.90 Å². The average molecular weight is 337 g/mol. The average Bonchev–Trinajstić information content (AvgIpc) is 2.55. The molecule has 23 heavy (non-hydrogen) atoms. The van der Waals surface area contributed by atoms with Crippen LogP contribution < -0.4 is 5.32 Å². The summed E-state index contributed by atoms with van der Waals surface area (Å²) in [5.74, 6) is -0.748. The number of benzene rings is 1. The monoisotopic (exact) mass is 337 g/mol. The van der Waals surface area contributed by atoms with Crippen molar-refractivity contribution in [1.82, 2.24) is 5.32 Å². The standard InChI is InChI=1S/C18H27NO3S/c1-3-5-11-14(18(20)21)19-15-12-16(22-4-2)17(15)23-13-9-7-6-8-10-13/h6-10,14-17,19H,3-5,11-12H2,1-2H3,(H,20,21)/t14?,15?,16-,17-/m1/s1. The summed E-state index contributed by atoms with van der Waals surface area (Å²) < 4.78 is 5.81. The molecule has 0 heterocycles. The van der Waals surface area contributed by atoms with Crippen molar-refractivity contribution in [2.24, 2.45) is 0 Å². The zero-order valence-electron chi connectivity index (χ0n) is 13.9. The molecule has 0 saturated heterocycles. The maximum Gasteiger partial charge on any atom is 0.320 e. The zero-order valence-corrected chi connectivity index (χ0v) is 14.7. The zero-order chi connectivity index (χ0) is 16.7.